The lowest BCUT2D eigenvalue weighted by atomic mass is 9.77. The van der Waals surface area contributed by atoms with Gasteiger partial charge in [0.15, 0.2) is 0 Å². The SMILES string of the molecule is Fc1ccc2c(c1)CCN1CC3CCCNC3CC21. The van der Waals surface area contributed by atoms with Gasteiger partial charge in [-0.3, -0.25) is 4.90 Å². The van der Waals surface area contributed by atoms with E-state index in [-0.39, 0.29) is 5.82 Å². The Labute approximate surface area is 114 Å². The van der Waals surface area contributed by atoms with Crippen LogP contribution in [0.25, 0.3) is 0 Å². The third-order valence-electron chi connectivity index (χ3n) is 5.25. The second-order valence-electron chi connectivity index (χ2n) is 6.30. The van der Waals surface area contributed by atoms with E-state index in [1.54, 1.807) is 12.1 Å². The van der Waals surface area contributed by atoms with Gasteiger partial charge in [-0.05, 0) is 61.4 Å². The minimum absolute atomic E-state index is 0.0864. The number of nitrogens with one attached hydrogen (secondary N) is 1. The van der Waals surface area contributed by atoms with Crippen molar-refractivity contribution in [2.24, 2.45) is 5.92 Å². The molecule has 102 valence electrons. The first-order valence-corrected chi connectivity index (χ1v) is 7.57. The van der Waals surface area contributed by atoms with Gasteiger partial charge < -0.3 is 5.32 Å². The fraction of sp³-hybridized carbons (Fsp3) is 0.625. The van der Waals surface area contributed by atoms with Gasteiger partial charge in [-0.25, -0.2) is 4.39 Å². The van der Waals surface area contributed by atoms with E-state index in [4.69, 9.17) is 0 Å². The highest BCUT2D eigenvalue weighted by atomic mass is 19.1. The van der Waals surface area contributed by atoms with E-state index in [2.05, 4.69) is 10.2 Å². The zero-order valence-corrected chi connectivity index (χ0v) is 11.2. The van der Waals surface area contributed by atoms with Crippen molar-refractivity contribution in [3.63, 3.8) is 0 Å². The highest BCUT2D eigenvalue weighted by Crippen LogP contribution is 2.40. The second kappa shape index (κ2) is 4.57. The highest BCUT2D eigenvalue weighted by molar-refractivity contribution is 5.34. The molecule has 3 heteroatoms. The number of hydrogen-bond acceptors (Lipinski definition) is 2. The van der Waals surface area contributed by atoms with Crippen LogP contribution in [0.3, 0.4) is 0 Å². The lowest BCUT2D eigenvalue weighted by Gasteiger charge is -2.49. The molecule has 2 fully saturated rings. The fourth-order valence-corrected chi connectivity index (χ4v) is 4.28. The van der Waals surface area contributed by atoms with Crippen LogP contribution in [0.2, 0.25) is 0 Å². The molecule has 2 nitrogen and oxygen atoms in total. The first-order valence-electron chi connectivity index (χ1n) is 7.57. The predicted molar refractivity (Wildman–Crippen MR) is 73.5 cm³/mol. The first-order chi connectivity index (χ1) is 9.31. The van der Waals surface area contributed by atoms with Crippen LogP contribution in [-0.4, -0.2) is 30.6 Å². The third-order valence-corrected chi connectivity index (χ3v) is 5.25. The fourth-order valence-electron chi connectivity index (χ4n) is 4.28. The highest BCUT2D eigenvalue weighted by Gasteiger charge is 2.39. The summed E-state index contributed by atoms with van der Waals surface area (Å²) in [6.07, 6.45) is 4.90. The first kappa shape index (κ1) is 11.9. The summed E-state index contributed by atoms with van der Waals surface area (Å²) in [6.45, 7) is 3.49. The van der Waals surface area contributed by atoms with Gasteiger partial charge in [-0.15, -0.1) is 0 Å². The Bertz CT molecular complexity index is 488. The number of piperidine rings is 2. The standard InChI is InChI=1S/C16H21FN2/c17-13-3-4-14-11(8-13)5-7-19-10-12-2-1-6-18-15(12)9-16(14)19/h3-4,8,12,15-16,18H,1-2,5-7,9-10H2. The molecule has 3 aliphatic rings. The molecule has 3 unspecified atom stereocenters. The average molecular weight is 260 g/mol. The average Bonchev–Trinajstić information content (AvgIpc) is 2.44. The summed E-state index contributed by atoms with van der Waals surface area (Å²) >= 11 is 0. The van der Waals surface area contributed by atoms with Crippen LogP contribution in [0.15, 0.2) is 18.2 Å². The van der Waals surface area contributed by atoms with Crippen LogP contribution in [-0.2, 0) is 6.42 Å². The van der Waals surface area contributed by atoms with Gasteiger partial charge in [0, 0.05) is 25.2 Å². The summed E-state index contributed by atoms with van der Waals surface area (Å²) in [7, 11) is 0. The van der Waals surface area contributed by atoms with Gasteiger partial charge in [0.25, 0.3) is 0 Å². The lowest BCUT2D eigenvalue weighted by Crippen LogP contribution is -2.54. The van der Waals surface area contributed by atoms with Crippen LogP contribution in [0, 0.1) is 11.7 Å². The summed E-state index contributed by atoms with van der Waals surface area (Å²) in [5.41, 5.74) is 2.61. The maximum absolute atomic E-state index is 13.4. The van der Waals surface area contributed by atoms with E-state index in [9.17, 15) is 4.39 Å². The molecule has 1 aromatic carbocycles. The lowest BCUT2D eigenvalue weighted by molar-refractivity contribution is 0.0551. The molecule has 19 heavy (non-hydrogen) atoms. The predicted octanol–water partition coefficient (Wildman–Crippen LogP) is 2.50. The summed E-state index contributed by atoms with van der Waals surface area (Å²) < 4.78 is 13.4. The number of nitrogens with zero attached hydrogens (tertiary/aromatic N) is 1. The molecule has 1 aromatic rings. The number of halogens is 1. The molecular formula is C16H21FN2. The Hall–Kier alpha value is -0.930. The summed E-state index contributed by atoms with van der Waals surface area (Å²) in [6, 6.07) is 6.57. The van der Waals surface area contributed by atoms with Crippen molar-refractivity contribution < 1.29 is 4.39 Å². The monoisotopic (exact) mass is 260 g/mol. The van der Waals surface area contributed by atoms with Crippen molar-refractivity contribution in [1.29, 1.82) is 0 Å². The number of hydrogen-bond donors (Lipinski definition) is 1. The van der Waals surface area contributed by atoms with Crippen LogP contribution in [0.5, 0.6) is 0 Å². The Morgan fingerprint density at radius 2 is 2.26 bits per heavy atom. The molecule has 1 N–H and O–H groups in total. The maximum atomic E-state index is 13.4. The maximum Gasteiger partial charge on any atom is 0.123 e. The van der Waals surface area contributed by atoms with Crippen molar-refractivity contribution >= 4 is 0 Å². The number of benzene rings is 1. The molecular weight excluding hydrogens is 239 g/mol. The Morgan fingerprint density at radius 1 is 1.32 bits per heavy atom. The van der Waals surface area contributed by atoms with E-state index in [0.717, 1.165) is 18.9 Å². The Kier molecular flexibility index (Phi) is 2.85. The molecule has 0 aromatic heterocycles. The van der Waals surface area contributed by atoms with Crippen molar-refractivity contribution in [2.75, 3.05) is 19.6 Å². The molecule has 3 aliphatic heterocycles. The number of rotatable bonds is 0. The Balaban J connectivity index is 1.65. The van der Waals surface area contributed by atoms with Crippen molar-refractivity contribution in [1.82, 2.24) is 10.2 Å². The molecule has 3 atom stereocenters. The molecule has 0 aliphatic carbocycles. The van der Waals surface area contributed by atoms with Gasteiger partial charge in [-0.2, -0.15) is 0 Å². The van der Waals surface area contributed by atoms with E-state index < -0.39 is 0 Å². The third kappa shape index (κ3) is 2.00. The van der Waals surface area contributed by atoms with Crippen molar-refractivity contribution in [3.05, 3.63) is 35.1 Å². The zero-order valence-electron chi connectivity index (χ0n) is 11.2. The van der Waals surface area contributed by atoms with E-state index in [1.807, 2.05) is 6.07 Å². The molecule has 0 amide bonds. The zero-order chi connectivity index (χ0) is 12.8. The second-order valence-corrected chi connectivity index (χ2v) is 6.30. The topological polar surface area (TPSA) is 15.3 Å². The van der Waals surface area contributed by atoms with Gasteiger partial charge in [0.05, 0.1) is 0 Å². The molecule has 0 saturated carbocycles. The summed E-state index contributed by atoms with van der Waals surface area (Å²) in [5.74, 6) is 0.740. The molecule has 0 spiro atoms. The molecule has 0 radical (unpaired) electrons. The van der Waals surface area contributed by atoms with E-state index in [0.29, 0.717) is 12.1 Å². The van der Waals surface area contributed by atoms with Crippen LogP contribution >= 0.6 is 0 Å². The van der Waals surface area contributed by atoms with E-state index in [1.165, 1.54) is 43.5 Å². The largest absolute Gasteiger partial charge is 0.314 e. The smallest absolute Gasteiger partial charge is 0.123 e. The van der Waals surface area contributed by atoms with Gasteiger partial charge in [0.1, 0.15) is 5.82 Å². The van der Waals surface area contributed by atoms with E-state index >= 15 is 0 Å². The minimum atomic E-state index is -0.0864. The van der Waals surface area contributed by atoms with Crippen molar-refractivity contribution in [2.45, 2.75) is 37.8 Å². The van der Waals surface area contributed by atoms with Gasteiger partial charge >= 0.3 is 0 Å². The molecule has 2 saturated heterocycles. The minimum Gasteiger partial charge on any atom is -0.314 e. The van der Waals surface area contributed by atoms with Gasteiger partial charge in [-0.1, -0.05) is 6.07 Å². The summed E-state index contributed by atoms with van der Waals surface area (Å²) in [4.78, 5) is 2.63. The summed E-state index contributed by atoms with van der Waals surface area (Å²) in [5, 5.41) is 3.70. The van der Waals surface area contributed by atoms with Crippen molar-refractivity contribution in [3.8, 4) is 0 Å². The van der Waals surface area contributed by atoms with Gasteiger partial charge in [0.2, 0.25) is 0 Å². The molecule has 3 heterocycles. The number of fused-ring (bicyclic) bond motifs is 4. The molecule has 0 bridgehead atoms. The van der Waals surface area contributed by atoms with Crippen LogP contribution < -0.4 is 5.32 Å². The quantitative estimate of drug-likeness (QED) is 0.771. The van der Waals surface area contributed by atoms with Crippen LogP contribution in [0.4, 0.5) is 4.39 Å². The van der Waals surface area contributed by atoms with Crippen LogP contribution in [0.1, 0.15) is 36.4 Å². The normalized spacial score (nSPS) is 34.3. The Morgan fingerprint density at radius 3 is 3.21 bits per heavy atom. The molecule has 4 rings (SSSR count).